The normalized spacial score (nSPS) is 15.0. The van der Waals surface area contributed by atoms with Gasteiger partial charge in [-0.2, -0.15) is 0 Å². The summed E-state index contributed by atoms with van der Waals surface area (Å²) < 4.78 is 0. The Morgan fingerprint density at radius 2 is 1.53 bits per heavy atom. The number of amides is 2. The van der Waals surface area contributed by atoms with Crippen molar-refractivity contribution in [3.8, 4) is 0 Å². The van der Waals surface area contributed by atoms with E-state index in [1.165, 1.54) is 12.8 Å². The van der Waals surface area contributed by atoms with E-state index >= 15 is 0 Å². The SMILES string of the molecule is CC[C@@H](C(=O)NC1CCCC1)N(Cc1ccccc1C)C(=O)Cc1ccccc1C. The van der Waals surface area contributed by atoms with E-state index in [1.54, 1.807) is 4.90 Å². The largest absolute Gasteiger partial charge is 0.352 e. The average Bonchev–Trinajstić information content (AvgIpc) is 3.24. The number of aryl methyl sites for hydroxylation is 2. The molecule has 1 N–H and O–H groups in total. The lowest BCUT2D eigenvalue weighted by Crippen LogP contribution is -2.51. The minimum atomic E-state index is -0.457. The maximum Gasteiger partial charge on any atom is 0.243 e. The lowest BCUT2D eigenvalue weighted by molar-refractivity contribution is -0.141. The molecule has 2 aromatic rings. The zero-order valence-corrected chi connectivity index (χ0v) is 18.5. The van der Waals surface area contributed by atoms with Gasteiger partial charge in [-0.05, 0) is 55.4 Å². The summed E-state index contributed by atoms with van der Waals surface area (Å²) >= 11 is 0. The Balaban J connectivity index is 1.84. The second kappa shape index (κ2) is 10.4. The molecule has 3 rings (SSSR count). The first kappa shape index (κ1) is 22.1. The van der Waals surface area contributed by atoms with Gasteiger partial charge < -0.3 is 10.2 Å². The van der Waals surface area contributed by atoms with Gasteiger partial charge in [0.25, 0.3) is 0 Å². The summed E-state index contributed by atoms with van der Waals surface area (Å²) in [5.74, 6) is -0.0166. The molecule has 0 bridgehead atoms. The van der Waals surface area contributed by atoms with Crippen LogP contribution in [0.15, 0.2) is 48.5 Å². The minimum absolute atomic E-state index is 0.000903. The summed E-state index contributed by atoms with van der Waals surface area (Å²) in [7, 11) is 0. The van der Waals surface area contributed by atoms with Gasteiger partial charge in [-0.25, -0.2) is 0 Å². The first-order chi connectivity index (χ1) is 14.5. The second-order valence-corrected chi connectivity index (χ2v) is 8.47. The molecule has 2 aromatic carbocycles. The molecule has 0 unspecified atom stereocenters. The quantitative estimate of drug-likeness (QED) is 0.690. The highest BCUT2D eigenvalue weighted by atomic mass is 16.2. The minimum Gasteiger partial charge on any atom is -0.352 e. The van der Waals surface area contributed by atoms with Gasteiger partial charge >= 0.3 is 0 Å². The van der Waals surface area contributed by atoms with E-state index in [4.69, 9.17) is 0 Å². The van der Waals surface area contributed by atoms with Crippen molar-refractivity contribution >= 4 is 11.8 Å². The number of benzene rings is 2. The standard InChI is InChI=1S/C26H34N2O2/c1-4-24(26(30)27-23-15-9-10-16-23)28(18-22-14-8-6-12-20(22)3)25(29)17-21-13-7-5-11-19(21)2/h5-8,11-14,23-24H,4,9-10,15-18H2,1-3H3,(H,27,30)/t24-/m0/s1. The van der Waals surface area contributed by atoms with Crippen LogP contribution in [-0.2, 0) is 22.6 Å². The van der Waals surface area contributed by atoms with Gasteiger partial charge in [0.2, 0.25) is 11.8 Å². The third-order valence-corrected chi connectivity index (χ3v) is 6.29. The van der Waals surface area contributed by atoms with Crippen molar-refractivity contribution in [1.29, 1.82) is 0 Å². The van der Waals surface area contributed by atoms with E-state index in [-0.39, 0.29) is 17.9 Å². The lowest BCUT2D eigenvalue weighted by Gasteiger charge is -2.32. The highest BCUT2D eigenvalue weighted by Gasteiger charge is 2.30. The summed E-state index contributed by atoms with van der Waals surface area (Å²) in [5, 5.41) is 3.21. The van der Waals surface area contributed by atoms with Crippen LogP contribution in [0.25, 0.3) is 0 Å². The van der Waals surface area contributed by atoms with Crippen LogP contribution >= 0.6 is 0 Å². The molecule has 4 nitrogen and oxygen atoms in total. The van der Waals surface area contributed by atoms with E-state index in [9.17, 15) is 9.59 Å². The number of nitrogens with zero attached hydrogens (tertiary/aromatic N) is 1. The van der Waals surface area contributed by atoms with Crippen LogP contribution in [0.1, 0.15) is 61.3 Å². The van der Waals surface area contributed by atoms with Crippen LogP contribution in [0.2, 0.25) is 0 Å². The fourth-order valence-electron chi connectivity index (χ4n) is 4.33. The zero-order chi connectivity index (χ0) is 21.5. The van der Waals surface area contributed by atoms with Crippen LogP contribution < -0.4 is 5.32 Å². The Bertz CT molecular complexity index is 871. The highest BCUT2D eigenvalue weighted by Crippen LogP contribution is 2.21. The van der Waals surface area contributed by atoms with Crippen molar-refractivity contribution < 1.29 is 9.59 Å². The van der Waals surface area contributed by atoms with Crippen LogP contribution in [0.5, 0.6) is 0 Å². The molecule has 1 saturated carbocycles. The average molecular weight is 407 g/mol. The third kappa shape index (κ3) is 5.50. The summed E-state index contributed by atoms with van der Waals surface area (Å²) in [6.07, 6.45) is 5.33. The smallest absolute Gasteiger partial charge is 0.243 e. The van der Waals surface area contributed by atoms with Crippen molar-refractivity contribution in [3.05, 3.63) is 70.8 Å². The van der Waals surface area contributed by atoms with E-state index in [0.717, 1.165) is 35.1 Å². The van der Waals surface area contributed by atoms with Gasteiger partial charge in [-0.1, -0.05) is 68.3 Å². The van der Waals surface area contributed by atoms with E-state index in [2.05, 4.69) is 18.3 Å². The van der Waals surface area contributed by atoms with Crippen molar-refractivity contribution in [2.75, 3.05) is 0 Å². The number of hydrogen-bond acceptors (Lipinski definition) is 2. The van der Waals surface area contributed by atoms with Gasteiger partial charge in [0, 0.05) is 12.6 Å². The maximum absolute atomic E-state index is 13.5. The molecule has 0 aliphatic heterocycles. The van der Waals surface area contributed by atoms with Gasteiger partial charge in [-0.3, -0.25) is 9.59 Å². The predicted octanol–water partition coefficient (Wildman–Crippen LogP) is 4.71. The van der Waals surface area contributed by atoms with Crippen molar-refractivity contribution in [3.63, 3.8) is 0 Å². The number of nitrogens with one attached hydrogen (secondary N) is 1. The molecule has 160 valence electrons. The van der Waals surface area contributed by atoms with E-state index < -0.39 is 6.04 Å². The van der Waals surface area contributed by atoms with Crippen molar-refractivity contribution in [1.82, 2.24) is 10.2 Å². The first-order valence-corrected chi connectivity index (χ1v) is 11.2. The first-order valence-electron chi connectivity index (χ1n) is 11.2. The van der Waals surface area contributed by atoms with E-state index in [0.29, 0.717) is 19.4 Å². The predicted molar refractivity (Wildman–Crippen MR) is 121 cm³/mol. The Kier molecular flexibility index (Phi) is 7.67. The molecule has 2 amide bonds. The summed E-state index contributed by atoms with van der Waals surface area (Å²) in [6.45, 7) is 6.52. The Hall–Kier alpha value is -2.62. The summed E-state index contributed by atoms with van der Waals surface area (Å²) in [5.41, 5.74) is 4.34. The number of carbonyl (C=O) groups excluding carboxylic acids is 2. The fourth-order valence-corrected chi connectivity index (χ4v) is 4.33. The molecule has 30 heavy (non-hydrogen) atoms. The third-order valence-electron chi connectivity index (χ3n) is 6.29. The fraction of sp³-hybridized carbons (Fsp3) is 0.462. The molecule has 0 aromatic heterocycles. The molecular weight excluding hydrogens is 372 g/mol. The highest BCUT2D eigenvalue weighted by molar-refractivity contribution is 5.88. The summed E-state index contributed by atoms with van der Waals surface area (Å²) in [4.78, 5) is 28.4. The number of hydrogen-bond donors (Lipinski definition) is 1. The molecular formula is C26H34N2O2. The van der Waals surface area contributed by atoms with Gasteiger partial charge in [-0.15, -0.1) is 0 Å². The monoisotopic (exact) mass is 406 g/mol. The van der Waals surface area contributed by atoms with Crippen LogP contribution in [0, 0.1) is 13.8 Å². The molecule has 1 aliphatic carbocycles. The molecule has 1 atom stereocenters. The lowest BCUT2D eigenvalue weighted by atomic mass is 10.0. The van der Waals surface area contributed by atoms with Crippen LogP contribution in [-0.4, -0.2) is 28.8 Å². The van der Waals surface area contributed by atoms with Crippen LogP contribution in [0.4, 0.5) is 0 Å². The molecule has 0 saturated heterocycles. The van der Waals surface area contributed by atoms with Crippen LogP contribution in [0.3, 0.4) is 0 Å². The molecule has 4 heteroatoms. The van der Waals surface area contributed by atoms with E-state index in [1.807, 2.05) is 56.3 Å². The molecule has 1 aliphatic rings. The van der Waals surface area contributed by atoms with Gasteiger partial charge in [0.05, 0.1) is 6.42 Å². The number of rotatable bonds is 8. The molecule has 0 spiro atoms. The molecule has 0 radical (unpaired) electrons. The molecule has 0 heterocycles. The van der Waals surface area contributed by atoms with Gasteiger partial charge in [0.15, 0.2) is 0 Å². The Morgan fingerprint density at radius 3 is 2.10 bits per heavy atom. The Morgan fingerprint density at radius 1 is 0.967 bits per heavy atom. The molecule has 1 fully saturated rings. The second-order valence-electron chi connectivity index (χ2n) is 8.47. The maximum atomic E-state index is 13.5. The summed E-state index contributed by atoms with van der Waals surface area (Å²) in [6, 6.07) is 15.9. The van der Waals surface area contributed by atoms with Crippen molar-refractivity contribution in [2.24, 2.45) is 0 Å². The van der Waals surface area contributed by atoms with Gasteiger partial charge in [0.1, 0.15) is 6.04 Å². The number of carbonyl (C=O) groups is 2. The van der Waals surface area contributed by atoms with Crippen molar-refractivity contribution in [2.45, 2.75) is 77.9 Å². The zero-order valence-electron chi connectivity index (χ0n) is 18.5. The topological polar surface area (TPSA) is 49.4 Å². The Labute approximate surface area is 180 Å².